The molecular formula is C9H16O3. The molecule has 0 saturated carbocycles. The van der Waals surface area contributed by atoms with Gasteiger partial charge in [-0.3, -0.25) is 0 Å². The SMILES string of the molecule is OCCOCOC1CC=CCC1. The molecule has 1 N–H and O–H groups in total. The van der Waals surface area contributed by atoms with Crippen molar-refractivity contribution >= 4 is 0 Å². The van der Waals surface area contributed by atoms with Gasteiger partial charge in [-0.05, 0) is 19.3 Å². The molecule has 0 aliphatic heterocycles. The molecule has 12 heavy (non-hydrogen) atoms. The maximum atomic E-state index is 8.41. The van der Waals surface area contributed by atoms with E-state index in [-0.39, 0.29) is 6.61 Å². The van der Waals surface area contributed by atoms with E-state index in [1.807, 2.05) is 0 Å². The lowest BCUT2D eigenvalue weighted by Gasteiger charge is -2.17. The number of rotatable bonds is 5. The highest BCUT2D eigenvalue weighted by atomic mass is 16.7. The van der Waals surface area contributed by atoms with Gasteiger partial charge in [-0.25, -0.2) is 0 Å². The molecule has 0 aromatic rings. The molecule has 70 valence electrons. The molecule has 1 aliphatic carbocycles. The predicted molar refractivity (Wildman–Crippen MR) is 45.8 cm³/mol. The van der Waals surface area contributed by atoms with Crippen LogP contribution in [0.1, 0.15) is 19.3 Å². The van der Waals surface area contributed by atoms with Gasteiger partial charge in [0.2, 0.25) is 0 Å². The number of allylic oxidation sites excluding steroid dienone is 1. The maximum absolute atomic E-state index is 8.41. The first-order valence-electron chi connectivity index (χ1n) is 4.38. The van der Waals surface area contributed by atoms with Crippen molar-refractivity contribution in [3.05, 3.63) is 12.2 Å². The fourth-order valence-electron chi connectivity index (χ4n) is 1.19. The molecule has 1 unspecified atom stereocenters. The molecule has 0 spiro atoms. The molecule has 0 aromatic carbocycles. The topological polar surface area (TPSA) is 38.7 Å². The van der Waals surface area contributed by atoms with Crippen LogP contribution in [0.2, 0.25) is 0 Å². The van der Waals surface area contributed by atoms with Crippen LogP contribution in [-0.2, 0) is 9.47 Å². The summed E-state index contributed by atoms with van der Waals surface area (Å²) in [6.07, 6.45) is 7.80. The fraction of sp³-hybridized carbons (Fsp3) is 0.778. The fourth-order valence-corrected chi connectivity index (χ4v) is 1.19. The van der Waals surface area contributed by atoms with Crippen molar-refractivity contribution in [3.63, 3.8) is 0 Å². The summed E-state index contributed by atoms with van der Waals surface area (Å²) < 4.78 is 10.4. The van der Waals surface area contributed by atoms with Gasteiger partial charge >= 0.3 is 0 Å². The zero-order valence-electron chi connectivity index (χ0n) is 7.24. The molecule has 1 rings (SSSR count). The van der Waals surface area contributed by atoms with Crippen molar-refractivity contribution in [1.29, 1.82) is 0 Å². The second kappa shape index (κ2) is 6.17. The third-order valence-corrected chi connectivity index (χ3v) is 1.84. The summed E-state index contributed by atoms with van der Waals surface area (Å²) in [6, 6.07) is 0. The van der Waals surface area contributed by atoms with E-state index in [1.165, 1.54) is 0 Å². The van der Waals surface area contributed by atoms with E-state index in [0.29, 0.717) is 19.5 Å². The number of aliphatic hydroxyl groups excluding tert-OH is 1. The van der Waals surface area contributed by atoms with Gasteiger partial charge in [-0.1, -0.05) is 12.2 Å². The Morgan fingerprint density at radius 1 is 1.42 bits per heavy atom. The maximum Gasteiger partial charge on any atom is 0.147 e. The first-order valence-corrected chi connectivity index (χ1v) is 4.38. The van der Waals surface area contributed by atoms with Crippen LogP contribution in [0.25, 0.3) is 0 Å². The molecule has 0 amide bonds. The van der Waals surface area contributed by atoms with E-state index in [4.69, 9.17) is 14.6 Å². The summed E-state index contributed by atoms with van der Waals surface area (Å²) in [4.78, 5) is 0. The van der Waals surface area contributed by atoms with E-state index < -0.39 is 0 Å². The Morgan fingerprint density at radius 3 is 3.00 bits per heavy atom. The molecule has 0 saturated heterocycles. The van der Waals surface area contributed by atoms with Gasteiger partial charge in [-0.2, -0.15) is 0 Å². The predicted octanol–water partition coefficient (Wildman–Crippen LogP) is 1.08. The smallest absolute Gasteiger partial charge is 0.147 e. The minimum Gasteiger partial charge on any atom is -0.394 e. The van der Waals surface area contributed by atoms with E-state index in [2.05, 4.69) is 12.2 Å². The number of hydrogen-bond donors (Lipinski definition) is 1. The first-order chi connectivity index (χ1) is 5.93. The molecule has 0 heterocycles. The molecule has 0 fully saturated rings. The second-order valence-corrected chi connectivity index (χ2v) is 2.82. The summed E-state index contributed by atoms with van der Waals surface area (Å²) >= 11 is 0. The van der Waals surface area contributed by atoms with Gasteiger partial charge in [0.1, 0.15) is 6.79 Å². The summed E-state index contributed by atoms with van der Waals surface area (Å²) in [6.45, 7) is 0.732. The largest absolute Gasteiger partial charge is 0.394 e. The number of ether oxygens (including phenoxy) is 2. The van der Waals surface area contributed by atoms with E-state index in [9.17, 15) is 0 Å². The molecule has 1 aliphatic rings. The lowest BCUT2D eigenvalue weighted by atomic mass is 10.1. The molecule has 0 bridgehead atoms. The van der Waals surface area contributed by atoms with E-state index in [1.54, 1.807) is 0 Å². The Balaban J connectivity index is 1.95. The monoisotopic (exact) mass is 172 g/mol. The van der Waals surface area contributed by atoms with Crippen molar-refractivity contribution in [2.24, 2.45) is 0 Å². The standard InChI is InChI=1S/C9H16O3/c10-6-7-11-8-12-9-4-2-1-3-5-9/h1-2,9-10H,3-8H2. The summed E-state index contributed by atoms with van der Waals surface area (Å²) in [5, 5.41) is 8.41. The average Bonchev–Trinajstić information content (AvgIpc) is 2.14. The van der Waals surface area contributed by atoms with Gasteiger partial charge in [0.05, 0.1) is 19.3 Å². The van der Waals surface area contributed by atoms with Gasteiger partial charge < -0.3 is 14.6 Å². The summed E-state index contributed by atoms with van der Waals surface area (Å²) in [7, 11) is 0. The number of hydrogen-bond acceptors (Lipinski definition) is 3. The van der Waals surface area contributed by atoms with Crippen LogP contribution < -0.4 is 0 Å². The van der Waals surface area contributed by atoms with Crippen LogP contribution >= 0.6 is 0 Å². The minimum absolute atomic E-state index is 0.0634. The Bertz CT molecular complexity index is 134. The second-order valence-electron chi connectivity index (χ2n) is 2.82. The third kappa shape index (κ3) is 3.85. The van der Waals surface area contributed by atoms with Crippen LogP contribution in [0.3, 0.4) is 0 Å². The van der Waals surface area contributed by atoms with Crippen molar-refractivity contribution in [2.75, 3.05) is 20.0 Å². The highest BCUT2D eigenvalue weighted by Crippen LogP contribution is 2.13. The molecule has 0 aromatic heterocycles. The van der Waals surface area contributed by atoms with Gasteiger partial charge in [0.25, 0.3) is 0 Å². The van der Waals surface area contributed by atoms with Crippen LogP contribution in [-0.4, -0.2) is 31.2 Å². The summed E-state index contributed by atoms with van der Waals surface area (Å²) in [5.41, 5.74) is 0. The minimum atomic E-state index is 0.0634. The van der Waals surface area contributed by atoms with Crippen LogP contribution in [0.15, 0.2) is 12.2 Å². The van der Waals surface area contributed by atoms with E-state index >= 15 is 0 Å². The molecular weight excluding hydrogens is 156 g/mol. The Kier molecular flexibility index (Phi) is 4.99. The Morgan fingerprint density at radius 2 is 2.33 bits per heavy atom. The first kappa shape index (κ1) is 9.71. The van der Waals surface area contributed by atoms with Crippen LogP contribution in [0.5, 0.6) is 0 Å². The number of aliphatic hydroxyl groups is 1. The summed E-state index contributed by atoms with van der Waals surface area (Å²) in [5.74, 6) is 0. The van der Waals surface area contributed by atoms with Crippen LogP contribution in [0, 0.1) is 0 Å². The quantitative estimate of drug-likeness (QED) is 0.383. The van der Waals surface area contributed by atoms with E-state index in [0.717, 1.165) is 19.3 Å². The van der Waals surface area contributed by atoms with Crippen molar-refractivity contribution in [3.8, 4) is 0 Å². The normalized spacial score (nSPS) is 22.9. The Hall–Kier alpha value is -0.380. The molecule has 0 radical (unpaired) electrons. The van der Waals surface area contributed by atoms with Crippen molar-refractivity contribution in [1.82, 2.24) is 0 Å². The lowest BCUT2D eigenvalue weighted by molar-refractivity contribution is -0.0967. The van der Waals surface area contributed by atoms with Gasteiger partial charge in [-0.15, -0.1) is 0 Å². The highest BCUT2D eigenvalue weighted by molar-refractivity contribution is 4.90. The lowest BCUT2D eigenvalue weighted by Crippen LogP contribution is -2.16. The Labute approximate surface area is 73.0 Å². The molecule has 1 atom stereocenters. The third-order valence-electron chi connectivity index (χ3n) is 1.84. The molecule has 3 nitrogen and oxygen atoms in total. The zero-order valence-corrected chi connectivity index (χ0v) is 7.24. The highest BCUT2D eigenvalue weighted by Gasteiger charge is 2.08. The van der Waals surface area contributed by atoms with Gasteiger partial charge in [0.15, 0.2) is 0 Å². The van der Waals surface area contributed by atoms with Crippen LogP contribution in [0.4, 0.5) is 0 Å². The van der Waals surface area contributed by atoms with Crippen molar-refractivity contribution in [2.45, 2.75) is 25.4 Å². The van der Waals surface area contributed by atoms with Crippen molar-refractivity contribution < 1.29 is 14.6 Å². The molecule has 3 heteroatoms. The zero-order chi connectivity index (χ0) is 8.65. The van der Waals surface area contributed by atoms with Gasteiger partial charge in [0, 0.05) is 0 Å². The average molecular weight is 172 g/mol.